The van der Waals surface area contributed by atoms with Crippen LogP contribution in [-0.2, 0) is 35.2 Å². The highest BCUT2D eigenvalue weighted by Crippen LogP contribution is 2.38. The van der Waals surface area contributed by atoms with Gasteiger partial charge >= 0.3 is 0 Å². The first-order valence-electron chi connectivity index (χ1n) is 14.5. The van der Waals surface area contributed by atoms with Gasteiger partial charge in [0.15, 0.2) is 0 Å². The molecule has 0 amide bonds. The number of carbonyl (C=O) groups excluding carboxylic acids is 2. The predicted octanol–water partition coefficient (Wildman–Crippen LogP) is 5.45. The van der Waals surface area contributed by atoms with E-state index < -0.39 is 0 Å². The number of benzene rings is 4. The molecule has 0 saturated heterocycles. The van der Waals surface area contributed by atoms with Crippen LogP contribution >= 0.6 is 0 Å². The van der Waals surface area contributed by atoms with Crippen molar-refractivity contribution < 1.29 is 38.7 Å². The zero-order chi connectivity index (χ0) is 31.1. The minimum atomic E-state index is 0.0997. The molecule has 8 nitrogen and oxygen atoms in total. The number of aldehydes is 2. The van der Waals surface area contributed by atoms with Crippen molar-refractivity contribution in [1.82, 2.24) is 0 Å². The molecule has 1 aliphatic carbocycles. The Balaban J connectivity index is 1.75. The number of phenols is 2. The molecule has 5 rings (SSSR count). The van der Waals surface area contributed by atoms with E-state index in [2.05, 4.69) is 0 Å². The van der Waals surface area contributed by atoms with E-state index in [1.807, 2.05) is 36.4 Å². The number of hydrogen-bond donors (Lipinski definition) is 2. The van der Waals surface area contributed by atoms with Gasteiger partial charge in [-0.2, -0.15) is 0 Å². The second-order valence-corrected chi connectivity index (χ2v) is 10.8. The van der Waals surface area contributed by atoms with Crippen LogP contribution in [0.3, 0.4) is 0 Å². The number of fused-ring (bicyclic) bond motifs is 8. The van der Waals surface area contributed by atoms with Gasteiger partial charge in [0.25, 0.3) is 0 Å². The van der Waals surface area contributed by atoms with E-state index in [1.54, 1.807) is 38.5 Å². The molecular weight excluding hydrogens is 560 g/mol. The Morgan fingerprint density at radius 1 is 0.545 bits per heavy atom. The van der Waals surface area contributed by atoms with Gasteiger partial charge in [0.2, 0.25) is 0 Å². The van der Waals surface area contributed by atoms with Gasteiger partial charge in [-0.3, -0.25) is 9.59 Å². The van der Waals surface area contributed by atoms with Crippen molar-refractivity contribution in [3.05, 3.63) is 116 Å². The Labute approximate surface area is 256 Å². The molecule has 8 heteroatoms. The van der Waals surface area contributed by atoms with Gasteiger partial charge in [-0.05, 0) is 68.8 Å². The summed E-state index contributed by atoms with van der Waals surface area (Å²) in [7, 11) is 3.19. The maximum absolute atomic E-state index is 12.0. The molecule has 0 saturated carbocycles. The first-order valence-corrected chi connectivity index (χ1v) is 14.5. The fraction of sp³-hybridized carbons (Fsp3) is 0.278. The normalized spacial score (nSPS) is 12.4. The second kappa shape index (κ2) is 14.2. The van der Waals surface area contributed by atoms with Gasteiger partial charge in [-0.15, -0.1) is 0 Å². The molecular formula is C36H36O8. The number of methoxy groups -OCH3 is 2. The molecule has 0 spiro atoms. The molecule has 0 heterocycles. The molecule has 4 aromatic rings. The Morgan fingerprint density at radius 3 is 1.14 bits per heavy atom. The Hall–Kier alpha value is -4.66. The third-order valence-corrected chi connectivity index (χ3v) is 7.80. The smallest absolute Gasteiger partial charge is 0.150 e. The van der Waals surface area contributed by atoms with E-state index >= 15 is 0 Å². The monoisotopic (exact) mass is 596 g/mol. The summed E-state index contributed by atoms with van der Waals surface area (Å²) in [6.07, 6.45) is 2.73. The predicted molar refractivity (Wildman–Crippen MR) is 166 cm³/mol. The van der Waals surface area contributed by atoms with E-state index in [4.69, 9.17) is 18.9 Å². The lowest BCUT2D eigenvalue weighted by Gasteiger charge is -2.21. The molecule has 0 fully saturated rings. The molecule has 0 atom stereocenters. The van der Waals surface area contributed by atoms with Crippen molar-refractivity contribution in [2.24, 2.45) is 0 Å². The Kier molecular flexibility index (Phi) is 9.94. The van der Waals surface area contributed by atoms with Gasteiger partial charge in [-0.1, -0.05) is 36.4 Å². The zero-order valence-corrected chi connectivity index (χ0v) is 24.9. The fourth-order valence-electron chi connectivity index (χ4n) is 5.73. The number of hydrogen-bond acceptors (Lipinski definition) is 8. The third-order valence-electron chi connectivity index (χ3n) is 7.80. The van der Waals surface area contributed by atoms with Crippen molar-refractivity contribution in [3.63, 3.8) is 0 Å². The van der Waals surface area contributed by atoms with Gasteiger partial charge in [-0.25, -0.2) is 0 Å². The first-order chi connectivity index (χ1) is 21.4. The molecule has 0 radical (unpaired) electrons. The highest BCUT2D eigenvalue weighted by molar-refractivity contribution is 5.78. The average molecular weight is 597 g/mol. The molecule has 44 heavy (non-hydrogen) atoms. The lowest BCUT2D eigenvalue weighted by Crippen LogP contribution is -2.10. The number of ether oxygens (including phenoxy) is 4. The summed E-state index contributed by atoms with van der Waals surface area (Å²) in [6, 6.07) is 18.2. The zero-order valence-electron chi connectivity index (χ0n) is 24.9. The number of rotatable bonds is 10. The number of aromatic hydroxyl groups is 2. The summed E-state index contributed by atoms with van der Waals surface area (Å²) in [5.41, 5.74) is 6.41. The second-order valence-electron chi connectivity index (χ2n) is 10.8. The van der Waals surface area contributed by atoms with Gasteiger partial charge in [0.1, 0.15) is 48.8 Å². The van der Waals surface area contributed by atoms with Crippen LogP contribution in [0.4, 0.5) is 0 Å². The molecule has 228 valence electrons. The van der Waals surface area contributed by atoms with Crippen LogP contribution in [0, 0.1) is 0 Å². The third kappa shape index (κ3) is 6.77. The largest absolute Gasteiger partial charge is 0.507 e. The average Bonchev–Trinajstić information content (AvgIpc) is 3.02. The summed E-state index contributed by atoms with van der Waals surface area (Å²) in [4.78, 5) is 24.1. The fourth-order valence-corrected chi connectivity index (χ4v) is 5.73. The first kappa shape index (κ1) is 30.8. The van der Waals surface area contributed by atoms with Crippen molar-refractivity contribution in [1.29, 1.82) is 0 Å². The Bertz CT molecular complexity index is 1440. The number of phenolic OH excluding ortho intramolecular Hbond substituents is 2. The van der Waals surface area contributed by atoms with Crippen molar-refractivity contribution in [3.8, 4) is 23.0 Å². The standard InChI is InChI=1S/C36H36O8/c1-41-9-11-43-35-25-5-3-6-26(35)18-30-14-24(22-38)16-32(34(30)40)20-28-8-4-7-27(36(28)44-12-10-42-2)19-31-15-23(21-37)13-29(17-25)33(31)39/h3-8,13-16,21-22,39-40H,9-12,17-20H2,1-2H3. The minimum Gasteiger partial charge on any atom is -0.507 e. The number of carbonyl (C=O) groups is 2. The van der Waals surface area contributed by atoms with E-state index in [9.17, 15) is 19.8 Å². The van der Waals surface area contributed by atoms with E-state index in [1.165, 1.54) is 0 Å². The van der Waals surface area contributed by atoms with Gasteiger partial charge in [0.05, 0.1) is 13.2 Å². The van der Waals surface area contributed by atoms with Crippen LogP contribution in [0.2, 0.25) is 0 Å². The Morgan fingerprint density at radius 2 is 0.864 bits per heavy atom. The van der Waals surface area contributed by atoms with E-state index in [0.29, 0.717) is 83.8 Å². The van der Waals surface area contributed by atoms with Crippen LogP contribution in [0.25, 0.3) is 0 Å². The molecule has 4 aromatic carbocycles. The molecule has 1 aliphatic rings. The molecule has 0 aliphatic heterocycles. The van der Waals surface area contributed by atoms with Crippen LogP contribution in [-0.4, -0.2) is 63.4 Å². The summed E-state index contributed by atoms with van der Waals surface area (Å²) in [5, 5.41) is 23.1. The molecule has 2 N–H and O–H groups in total. The lowest BCUT2D eigenvalue weighted by atomic mass is 9.90. The topological polar surface area (TPSA) is 112 Å². The molecule has 0 aromatic heterocycles. The van der Waals surface area contributed by atoms with Crippen LogP contribution in [0.5, 0.6) is 23.0 Å². The van der Waals surface area contributed by atoms with Crippen molar-refractivity contribution in [2.75, 3.05) is 40.6 Å². The van der Waals surface area contributed by atoms with Crippen molar-refractivity contribution in [2.45, 2.75) is 25.7 Å². The SMILES string of the molecule is COCCOc1c2cccc1Cc1cc(C=O)cc(c1O)Cc1cccc(c1OCCOC)Cc1cc(C=O)cc(c1O)C2. The molecule has 0 unspecified atom stereocenters. The van der Waals surface area contributed by atoms with E-state index in [0.717, 1.165) is 34.8 Å². The van der Waals surface area contributed by atoms with Gasteiger partial charge < -0.3 is 29.2 Å². The lowest BCUT2D eigenvalue weighted by molar-refractivity contribution is 0.111. The highest BCUT2D eigenvalue weighted by Gasteiger charge is 2.21. The minimum absolute atomic E-state index is 0.0997. The maximum atomic E-state index is 12.0. The summed E-state index contributed by atoms with van der Waals surface area (Å²) >= 11 is 0. The van der Waals surface area contributed by atoms with Crippen LogP contribution in [0.1, 0.15) is 65.2 Å². The maximum Gasteiger partial charge on any atom is 0.150 e. The van der Waals surface area contributed by atoms with Crippen LogP contribution < -0.4 is 9.47 Å². The summed E-state index contributed by atoms with van der Waals surface area (Å²) in [6.45, 7) is 1.31. The van der Waals surface area contributed by atoms with E-state index in [-0.39, 0.29) is 24.7 Å². The summed E-state index contributed by atoms with van der Waals surface area (Å²) in [5.74, 6) is 1.40. The quantitative estimate of drug-likeness (QED) is 0.162. The summed E-state index contributed by atoms with van der Waals surface area (Å²) < 4.78 is 22.9. The van der Waals surface area contributed by atoms with Crippen molar-refractivity contribution >= 4 is 12.6 Å². The number of para-hydroxylation sites is 2. The van der Waals surface area contributed by atoms with Gasteiger partial charge in [0, 0.05) is 51.0 Å². The highest BCUT2D eigenvalue weighted by atomic mass is 16.5. The molecule has 8 bridgehead atoms. The van der Waals surface area contributed by atoms with Crippen LogP contribution in [0.15, 0.2) is 60.7 Å².